The van der Waals surface area contributed by atoms with E-state index in [1.165, 1.54) is 0 Å². The van der Waals surface area contributed by atoms with Gasteiger partial charge in [0.05, 0.1) is 6.54 Å². The van der Waals surface area contributed by atoms with Gasteiger partial charge in [-0.25, -0.2) is 0 Å². The summed E-state index contributed by atoms with van der Waals surface area (Å²) >= 11 is 1.82. The van der Waals surface area contributed by atoms with Crippen LogP contribution >= 0.6 is 11.8 Å². The van der Waals surface area contributed by atoms with E-state index in [9.17, 15) is 9.59 Å². The normalized spacial score (nSPS) is 27.9. The molecule has 0 spiro atoms. The zero-order valence-corrected chi connectivity index (χ0v) is 10.6. The zero-order chi connectivity index (χ0) is 11.8. The van der Waals surface area contributed by atoms with Gasteiger partial charge in [0, 0.05) is 11.3 Å². The van der Waals surface area contributed by atoms with Crippen LogP contribution in [0.3, 0.4) is 0 Å². The summed E-state index contributed by atoms with van der Waals surface area (Å²) in [5.74, 6) is 0.0609. The first-order valence-corrected chi connectivity index (χ1v) is 6.96. The second kappa shape index (κ2) is 4.28. The molecule has 1 saturated carbocycles. The van der Waals surface area contributed by atoms with Crippen LogP contribution in [0.2, 0.25) is 0 Å². The molecule has 0 radical (unpaired) electrons. The topological polar surface area (TPSA) is 49.4 Å². The lowest BCUT2D eigenvalue weighted by molar-refractivity contribution is -0.144. The first kappa shape index (κ1) is 11.8. The van der Waals surface area contributed by atoms with E-state index in [4.69, 9.17) is 0 Å². The van der Waals surface area contributed by atoms with Crippen LogP contribution in [0.1, 0.15) is 26.2 Å². The molecule has 0 aromatic heterocycles. The molecule has 1 aliphatic heterocycles. The van der Waals surface area contributed by atoms with Crippen molar-refractivity contribution >= 4 is 23.6 Å². The Labute approximate surface area is 100 Å². The fraction of sp³-hybridized carbons (Fsp3) is 0.818. The molecule has 0 aromatic rings. The van der Waals surface area contributed by atoms with Crippen LogP contribution in [0.4, 0.5) is 0 Å². The molecular weight excluding hydrogens is 224 g/mol. The number of piperazine rings is 1. The maximum Gasteiger partial charge on any atom is 0.245 e. The molecular formula is C11H18N2O2S. The number of carbonyl (C=O) groups is 2. The van der Waals surface area contributed by atoms with Crippen molar-refractivity contribution in [1.29, 1.82) is 0 Å². The second-order valence-corrected chi connectivity index (χ2v) is 5.88. The second-order valence-electron chi connectivity index (χ2n) is 4.61. The molecule has 5 heteroatoms. The van der Waals surface area contributed by atoms with Crippen molar-refractivity contribution in [2.75, 3.05) is 19.3 Å². The molecule has 0 aromatic carbocycles. The number of hydrogen-bond acceptors (Lipinski definition) is 3. The highest BCUT2D eigenvalue weighted by molar-refractivity contribution is 8.00. The Morgan fingerprint density at radius 1 is 1.50 bits per heavy atom. The third-order valence-electron chi connectivity index (χ3n) is 3.41. The molecule has 16 heavy (non-hydrogen) atoms. The number of carbonyl (C=O) groups excluding carboxylic acids is 2. The van der Waals surface area contributed by atoms with Gasteiger partial charge in [-0.15, -0.1) is 0 Å². The number of nitrogens with zero attached hydrogens (tertiary/aromatic N) is 1. The van der Waals surface area contributed by atoms with E-state index in [0.717, 1.165) is 19.4 Å². The fourth-order valence-electron chi connectivity index (χ4n) is 2.10. The van der Waals surface area contributed by atoms with Crippen LogP contribution in [0.25, 0.3) is 0 Å². The van der Waals surface area contributed by atoms with E-state index in [0.29, 0.717) is 6.42 Å². The molecule has 1 saturated heterocycles. The van der Waals surface area contributed by atoms with Gasteiger partial charge in [-0.2, -0.15) is 11.8 Å². The van der Waals surface area contributed by atoms with E-state index in [2.05, 4.69) is 11.6 Å². The molecule has 1 heterocycles. The van der Waals surface area contributed by atoms with Gasteiger partial charge in [-0.3, -0.25) is 9.59 Å². The van der Waals surface area contributed by atoms with Gasteiger partial charge in [0.25, 0.3) is 0 Å². The number of hydrogen-bond donors (Lipinski definition) is 1. The highest BCUT2D eigenvalue weighted by atomic mass is 32.2. The van der Waals surface area contributed by atoms with Crippen LogP contribution in [-0.2, 0) is 9.59 Å². The third kappa shape index (κ3) is 2.19. The molecule has 2 rings (SSSR count). The lowest BCUT2D eigenvalue weighted by atomic mass is 10.1. The predicted octanol–water partition coefficient (Wildman–Crippen LogP) is 0.619. The number of thioether (sulfide) groups is 1. The van der Waals surface area contributed by atoms with Gasteiger partial charge in [-0.1, -0.05) is 6.92 Å². The van der Waals surface area contributed by atoms with E-state index in [1.54, 1.807) is 4.90 Å². The summed E-state index contributed by atoms with van der Waals surface area (Å²) in [5, 5.41) is 2.73. The molecule has 4 nitrogen and oxygen atoms in total. The molecule has 2 amide bonds. The van der Waals surface area contributed by atoms with E-state index in [-0.39, 0.29) is 29.1 Å². The lowest BCUT2D eigenvalue weighted by Gasteiger charge is -2.34. The van der Waals surface area contributed by atoms with E-state index >= 15 is 0 Å². The summed E-state index contributed by atoms with van der Waals surface area (Å²) in [5.41, 5.74) is 0. The van der Waals surface area contributed by atoms with Gasteiger partial charge in [-0.05, 0) is 25.5 Å². The Hall–Kier alpha value is -0.710. The van der Waals surface area contributed by atoms with Crippen molar-refractivity contribution in [2.24, 2.45) is 0 Å². The maximum atomic E-state index is 12.0. The Bertz CT molecular complexity index is 315. The Morgan fingerprint density at radius 2 is 2.19 bits per heavy atom. The summed E-state index contributed by atoms with van der Waals surface area (Å²) in [4.78, 5) is 25.2. The highest BCUT2D eigenvalue weighted by Crippen LogP contribution is 2.47. The highest BCUT2D eigenvalue weighted by Gasteiger charge is 2.46. The van der Waals surface area contributed by atoms with Crippen molar-refractivity contribution < 1.29 is 9.59 Å². The summed E-state index contributed by atoms with van der Waals surface area (Å²) in [6.07, 6.45) is 5.08. The molecule has 1 unspecified atom stereocenters. The van der Waals surface area contributed by atoms with E-state index in [1.807, 2.05) is 18.7 Å². The third-order valence-corrected chi connectivity index (χ3v) is 4.81. The van der Waals surface area contributed by atoms with Gasteiger partial charge >= 0.3 is 0 Å². The molecule has 1 aliphatic carbocycles. The minimum atomic E-state index is -0.307. The van der Waals surface area contributed by atoms with Gasteiger partial charge < -0.3 is 10.2 Å². The van der Waals surface area contributed by atoms with Crippen LogP contribution in [0.5, 0.6) is 0 Å². The summed E-state index contributed by atoms with van der Waals surface area (Å²) < 4.78 is 0.242. The minimum absolute atomic E-state index is 0.0247. The number of rotatable bonds is 4. The average Bonchev–Trinajstić information content (AvgIpc) is 3.03. The van der Waals surface area contributed by atoms with Crippen LogP contribution in [-0.4, -0.2) is 46.8 Å². The molecule has 1 N–H and O–H groups in total. The van der Waals surface area contributed by atoms with Gasteiger partial charge in [0.1, 0.15) is 6.04 Å². The Morgan fingerprint density at radius 3 is 2.69 bits per heavy atom. The monoisotopic (exact) mass is 242 g/mol. The Kier molecular flexibility index (Phi) is 3.15. The first-order valence-electron chi connectivity index (χ1n) is 5.73. The SMILES string of the molecule is CCC1NC(=O)CN(CC2(SC)CC2)C1=O. The molecule has 2 aliphatic rings. The molecule has 2 fully saturated rings. The van der Waals surface area contributed by atoms with Gasteiger partial charge in [0.2, 0.25) is 11.8 Å². The lowest BCUT2D eigenvalue weighted by Crippen LogP contribution is -2.59. The predicted molar refractivity (Wildman–Crippen MR) is 64.3 cm³/mol. The molecule has 90 valence electrons. The van der Waals surface area contributed by atoms with Crippen molar-refractivity contribution in [1.82, 2.24) is 10.2 Å². The molecule has 0 bridgehead atoms. The quantitative estimate of drug-likeness (QED) is 0.786. The average molecular weight is 242 g/mol. The van der Waals surface area contributed by atoms with Crippen molar-refractivity contribution in [2.45, 2.75) is 37.0 Å². The van der Waals surface area contributed by atoms with Crippen molar-refractivity contribution in [3.63, 3.8) is 0 Å². The van der Waals surface area contributed by atoms with Crippen LogP contribution in [0, 0.1) is 0 Å². The summed E-state index contributed by atoms with van der Waals surface area (Å²) in [7, 11) is 0. The van der Waals surface area contributed by atoms with Crippen molar-refractivity contribution in [3.8, 4) is 0 Å². The number of amides is 2. The van der Waals surface area contributed by atoms with Crippen LogP contribution < -0.4 is 5.32 Å². The first-order chi connectivity index (χ1) is 7.60. The van der Waals surface area contributed by atoms with Gasteiger partial charge in [0.15, 0.2) is 0 Å². The maximum absolute atomic E-state index is 12.0. The van der Waals surface area contributed by atoms with Crippen molar-refractivity contribution in [3.05, 3.63) is 0 Å². The molecule has 1 atom stereocenters. The minimum Gasteiger partial charge on any atom is -0.343 e. The standard InChI is InChI=1S/C11H18N2O2S/c1-3-8-10(15)13(6-9(14)12-8)7-11(16-2)4-5-11/h8H,3-7H2,1-2H3,(H,12,14). The fourth-order valence-corrected chi connectivity index (χ4v) is 2.89. The van der Waals surface area contributed by atoms with Crippen LogP contribution in [0.15, 0.2) is 0 Å². The smallest absolute Gasteiger partial charge is 0.245 e. The summed E-state index contributed by atoms with van der Waals surface area (Å²) in [6, 6.07) is -0.307. The number of nitrogens with one attached hydrogen (secondary N) is 1. The Balaban J connectivity index is 2.02. The zero-order valence-electron chi connectivity index (χ0n) is 9.78. The van der Waals surface area contributed by atoms with E-state index < -0.39 is 0 Å². The largest absolute Gasteiger partial charge is 0.343 e. The summed E-state index contributed by atoms with van der Waals surface area (Å²) in [6.45, 7) is 2.89.